The van der Waals surface area contributed by atoms with Crippen LogP contribution in [0.15, 0.2) is 62.8 Å². The van der Waals surface area contributed by atoms with Gasteiger partial charge in [-0.15, -0.1) is 11.3 Å². The number of aliphatic imine (C=N–C) groups is 2. The maximum atomic E-state index is 13.9. The first-order chi connectivity index (χ1) is 19.2. The van der Waals surface area contributed by atoms with E-state index in [4.69, 9.17) is 27.1 Å². The highest BCUT2D eigenvalue weighted by molar-refractivity contribution is 7.11. The van der Waals surface area contributed by atoms with E-state index >= 15 is 0 Å². The first-order valence-electron chi connectivity index (χ1n) is 11.6. The van der Waals surface area contributed by atoms with Gasteiger partial charge in [-0.1, -0.05) is 17.7 Å². The number of amidine groups is 1. The predicted octanol–water partition coefficient (Wildman–Crippen LogP) is 3.59. The largest absolute Gasteiger partial charge is 0.453 e. The zero-order chi connectivity index (χ0) is 28.8. The molecular formula is C24H23ClF3N7O4S. The number of carbonyl (C=O) groups excluding carboxylic acids is 2. The molecule has 4 N–H and O–H groups in total. The minimum atomic E-state index is -2.95. The van der Waals surface area contributed by atoms with Gasteiger partial charge in [-0.05, 0) is 18.2 Å². The Hall–Kier alpha value is -4.11. The van der Waals surface area contributed by atoms with Crippen molar-refractivity contribution in [2.24, 2.45) is 15.7 Å². The minimum Gasteiger partial charge on any atom is -0.453 e. The molecule has 1 fully saturated rings. The van der Waals surface area contributed by atoms with Gasteiger partial charge in [0, 0.05) is 45.3 Å². The molecule has 3 heterocycles. The molecule has 0 unspecified atom stereocenters. The van der Waals surface area contributed by atoms with Gasteiger partial charge in [0.25, 0.3) is 0 Å². The molecule has 0 aliphatic carbocycles. The second-order valence-electron chi connectivity index (χ2n) is 8.36. The number of aromatic nitrogens is 1. The summed E-state index contributed by atoms with van der Waals surface area (Å²) in [4.78, 5) is 37.5. The van der Waals surface area contributed by atoms with Gasteiger partial charge >= 0.3 is 18.7 Å². The number of halogens is 4. The Morgan fingerprint density at radius 1 is 1.48 bits per heavy atom. The van der Waals surface area contributed by atoms with Crippen molar-refractivity contribution in [3.05, 3.63) is 74.2 Å². The monoisotopic (exact) mass is 597 g/mol. The number of nitrogens with zero attached hydrogens (tertiary/aromatic N) is 4. The van der Waals surface area contributed by atoms with Crippen molar-refractivity contribution in [2.45, 2.75) is 18.7 Å². The van der Waals surface area contributed by atoms with E-state index < -0.39 is 36.7 Å². The summed E-state index contributed by atoms with van der Waals surface area (Å²) >= 11 is 7.69. The lowest BCUT2D eigenvalue weighted by Crippen LogP contribution is -2.40. The molecule has 4 rings (SSSR count). The van der Waals surface area contributed by atoms with Crippen molar-refractivity contribution in [1.82, 2.24) is 20.5 Å². The molecule has 2 aliphatic heterocycles. The van der Waals surface area contributed by atoms with Crippen LogP contribution in [0.3, 0.4) is 0 Å². The van der Waals surface area contributed by atoms with Gasteiger partial charge in [0.2, 0.25) is 0 Å². The van der Waals surface area contributed by atoms with Crippen LogP contribution in [0.4, 0.5) is 22.8 Å². The third-order valence-corrected chi connectivity index (χ3v) is 6.85. The predicted molar refractivity (Wildman–Crippen MR) is 142 cm³/mol. The molecule has 0 saturated carbocycles. The second kappa shape index (κ2) is 12.8. The Bertz CT molecular complexity index is 1380. The Morgan fingerprint density at radius 2 is 2.27 bits per heavy atom. The maximum absolute atomic E-state index is 13.9. The van der Waals surface area contributed by atoms with Gasteiger partial charge in [-0.3, -0.25) is 9.89 Å². The summed E-state index contributed by atoms with van der Waals surface area (Å²) in [5.74, 6) is -0.249. The number of benzene rings is 1. The molecule has 2 aromatic rings. The molecule has 16 heteroatoms. The van der Waals surface area contributed by atoms with Crippen LogP contribution in [0, 0.1) is 5.82 Å². The summed E-state index contributed by atoms with van der Waals surface area (Å²) < 4.78 is 49.1. The lowest BCUT2D eigenvalue weighted by Gasteiger charge is -2.30. The molecule has 1 saturated heterocycles. The Balaban J connectivity index is 1.76. The Morgan fingerprint density at radius 3 is 2.95 bits per heavy atom. The highest BCUT2D eigenvalue weighted by Gasteiger charge is 2.36. The lowest BCUT2D eigenvalue weighted by atomic mass is 9.92. The first kappa shape index (κ1) is 28.9. The number of nitrogens with one attached hydrogen (secondary N) is 2. The molecule has 2 aliphatic rings. The van der Waals surface area contributed by atoms with E-state index in [9.17, 15) is 22.8 Å². The van der Waals surface area contributed by atoms with E-state index in [2.05, 4.69) is 25.3 Å². The Kier molecular flexibility index (Phi) is 9.26. The summed E-state index contributed by atoms with van der Waals surface area (Å²) in [6, 6.07) is 2.82. The summed E-state index contributed by atoms with van der Waals surface area (Å²) in [6.45, 7) is -2.92. The van der Waals surface area contributed by atoms with Crippen molar-refractivity contribution in [1.29, 1.82) is 0 Å². The number of alkyl halides is 2. The number of nitrogens with two attached hydrogens (primary N) is 1. The highest BCUT2D eigenvalue weighted by atomic mass is 35.5. The number of thiazole rings is 1. The third kappa shape index (κ3) is 6.90. The van der Waals surface area contributed by atoms with Gasteiger partial charge < -0.3 is 25.8 Å². The normalized spacial score (nSPS) is 19.6. The molecule has 40 heavy (non-hydrogen) atoms. The van der Waals surface area contributed by atoms with E-state index in [-0.39, 0.29) is 30.4 Å². The van der Waals surface area contributed by atoms with Crippen molar-refractivity contribution in [2.75, 3.05) is 26.7 Å². The van der Waals surface area contributed by atoms with E-state index in [1.165, 1.54) is 41.6 Å². The summed E-state index contributed by atoms with van der Waals surface area (Å²) in [5.41, 5.74) is 7.38. The standard InChI is InChI=1S/C24H23ClF3N7O4S/c1-38-23(36)32-9-13-10-35(24(37)39-13)11-17-18(16(29)4-5-31-22(27)28)19(14-3-2-12(26)8-15(14)25)34-20(33-17)21-30-6-7-40-21/h2-8,13,19,22H,9-11,29H2,1H3,(H,32,36)(H,33,34)/t13-,19-/m0/s1. The molecule has 2 atom stereocenters. The SMILES string of the molecule is COC(=O)NC[C@H]1CN(CC2=C(C(N)=CC=NC(F)F)[C@H](c3ccc(F)cc3Cl)N=C(c3nccs3)N2)C(=O)O1. The molecule has 1 aromatic heterocycles. The number of ether oxygens (including phenoxy) is 2. The molecule has 1 aromatic carbocycles. The highest BCUT2D eigenvalue weighted by Crippen LogP contribution is 2.38. The number of methoxy groups -OCH3 is 1. The van der Waals surface area contributed by atoms with Crippen LogP contribution < -0.4 is 16.4 Å². The number of carbonyl (C=O) groups is 2. The molecule has 0 spiro atoms. The molecule has 0 radical (unpaired) electrons. The smallest absolute Gasteiger partial charge is 0.410 e. The minimum absolute atomic E-state index is 0.00398. The van der Waals surface area contributed by atoms with Gasteiger partial charge in [0.15, 0.2) is 10.8 Å². The van der Waals surface area contributed by atoms with E-state index in [0.29, 0.717) is 27.7 Å². The van der Waals surface area contributed by atoms with Crippen LogP contribution >= 0.6 is 22.9 Å². The molecular weight excluding hydrogens is 575 g/mol. The maximum Gasteiger partial charge on any atom is 0.410 e. The fraction of sp³-hybridized carbons (Fsp3) is 0.292. The fourth-order valence-electron chi connectivity index (χ4n) is 4.00. The zero-order valence-corrected chi connectivity index (χ0v) is 22.4. The van der Waals surface area contributed by atoms with Crippen molar-refractivity contribution in [3.8, 4) is 0 Å². The number of alkyl carbamates (subject to hydrolysis) is 1. The molecule has 0 bridgehead atoms. The summed E-state index contributed by atoms with van der Waals surface area (Å²) in [7, 11) is 1.21. The molecule has 2 amide bonds. The van der Waals surface area contributed by atoms with Gasteiger partial charge in [-0.2, -0.15) is 8.78 Å². The third-order valence-electron chi connectivity index (χ3n) is 5.74. The van der Waals surface area contributed by atoms with Crippen molar-refractivity contribution in [3.63, 3.8) is 0 Å². The van der Waals surface area contributed by atoms with E-state index in [0.717, 1.165) is 12.3 Å². The zero-order valence-electron chi connectivity index (χ0n) is 20.8. The molecule has 11 nitrogen and oxygen atoms in total. The Labute approximate surface area is 235 Å². The van der Waals surface area contributed by atoms with Crippen molar-refractivity contribution < 1.29 is 32.2 Å². The van der Waals surface area contributed by atoms with Crippen molar-refractivity contribution >= 4 is 47.2 Å². The lowest BCUT2D eigenvalue weighted by molar-refractivity contribution is 0.127. The quantitative estimate of drug-likeness (QED) is 0.296. The first-order valence-corrected chi connectivity index (χ1v) is 12.9. The summed E-state index contributed by atoms with van der Waals surface area (Å²) in [6.07, 6.45) is 1.59. The number of hydrogen-bond donors (Lipinski definition) is 3. The number of amides is 2. The average molecular weight is 598 g/mol. The number of cyclic esters (lactones) is 1. The van der Waals surface area contributed by atoms with Crippen LogP contribution in [0.1, 0.15) is 16.6 Å². The number of rotatable bonds is 9. The van der Waals surface area contributed by atoms with E-state index in [1.807, 2.05) is 0 Å². The van der Waals surface area contributed by atoms with Crippen LogP contribution in [0.5, 0.6) is 0 Å². The topological polar surface area (TPSA) is 144 Å². The van der Waals surface area contributed by atoms with E-state index in [1.54, 1.807) is 11.6 Å². The van der Waals surface area contributed by atoms with Gasteiger partial charge in [-0.25, -0.2) is 24.0 Å². The van der Waals surface area contributed by atoms with Crippen LogP contribution in [-0.4, -0.2) is 73.5 Å². The van der Waals surface area contributed by atoms with Crippen LogP contribution in [0.25, 0.3) is 0 Å². The molecule has 212 valence electrons. The van der Waals surface area contributed by atoms with Gasteiger partial charge in [0.05, 0.1) is 26.7 Å². The number of hydrogen-bond acceptors (Lipinski definition) is 10. The average Bonchev–Trinajstić information content (AvgIpc) is 3.57. The summed E-state index contributed by atoms with van der Waals surface area (Å²) in [5, 5.41) is 7.92. The number of allylic oxidation sites excluding steroid dienone is 1. The van der Waals surface area contributed by atoms with Crippen LogP contribution in [-0.2, 0) is 9.47 Å². The van der Waals surface area contributed by atoms with Crippen LogP contribution in [0.2, 0.25) is 5.02 Å². The fourth-order valence-corrected chi connectivity index (χ4v) is 4.86. The van der Waals surface area contributed by atoms with Gasteiger partial charge in [0.1, 0.15) is 18.0 Å². The second-order valence-corrected chi connectivity index (χ2v) is 9.66.